The van der Waals surface area contributed by atoms with Crippen LogP contribution in [0.5, 0.6) is 5.75 Å². The van der Waals surface area contributed by atoms with Gasteiger partial charge in [0.1, 0.15) is 18.2 Å². The second kappa shape index (κ2) is 10.9. The molecule has 184 valence electrons. The molecule has 0 bridgehead atoms. The molecule has 0 fully saturated rings. The number of ether oxygens (including phenoxy) is 1. The van der Waals surface area contributed by atoms with E-state index in [9.17, 15) is 17.9 Å². The number of H-pyrrole nitrogens is 1. The lowest BCUT2D eigenvalue weighted by Crippen LogP contribution is -2.26. The van der Waals surface area contributed by atoms with Crippen LogP contribution in [-0.4, -0.2) is 43.4 Å². The van der Waals surface area contributed by atoms with Gasteiger partial charge in [0, 0.05) is 35.9 Å². The van der Waals surface area contributed by atoms with Gasteiger partial charge in [-0.05, 0) is 60.5 Å². The smallest absolute Gasteiger partial charge is 0.261 e. The molecule has 4 N–H and O–H groups in total. The topological polar surface area (TPSA) is 116 Å². The summed E-state index contributed by atoms with van der Waals surface area (Å²) in [6.45, 7) is 3.24. The number of aryl methyl sites for hydroxylation is 1. The number of benzene rings is 3. The van der Waals surface area contributed by atoms with E-state index in [0.29, 0.717) is 24.4 Å². The summed E-state index contributed by atoms with van der Waals surface area (Å²) in [5.74, 6) is 0.200. The Balaban J connectivity index is 1.26. The van der Waals surface area contributed by atoms with Crippen LogP contribution in [0.2, 0.25) is 0 Å². The quantitative estimate of drug-likeness (QED) is 0.234. The standard InChI is InChI=1S/C25H27FN4O4S/c1-2-23-22-11-8-20(15-24(22)29-28-23)34-13-12-27-16-25(31)17-4-3-5-19(14-17)30-35(32,33)21-9-6-18(26)7-10-21/h3-11,14-15,25,27,30-31H,2,12-13,16H2,1H3,(H,28,29)/t25-/m0/s1. The highest BCUT2D eigenvalue weighted by Gasteiger charge is 2.15. The van der Waals surface area contributed by atoms with Crippen molar-refractivity contribution in [2.75, 3.05) is 24.4 Å². The van der Waals surface area contributed by atoms with Crippen LogP contribution in [0, 0.1) is 5.82 Å². The van der Waals surface area contributed by atoms with E-state index < -0.39 is 21.9 Å². The second-order valence-electron chi connectivity index (χ2n) is 7.99. The van der Waals surface area contributed by atoms with Gasteiger partial charge in [-0.2, -0.15) is 5.10 Å². The molecule has 1 aromatic heterocycles. The van der Waals surface area contributed by atoms with Gasteiger partial charge in [0.05, 0.1) is 16.5 Å². The number of aliphatic hydroxyl groups excluding tert-OH is 1. The van der Waals surface area contributed by atoms with Gasteiger partial charge in [0.15, 0.2) is 0 Å². The van der Waals surface area contributed by atoms with E-state index in [4.69, 9.17) is 4.74 Å². The minimum Gasteiger partial charge on any atom is -0.492 e. The summed E-state index contributed by atoms with van der Waals surface area (Å²) >= 11 is 0. The first-order valence-electron chi connectivity index (χ1n) is 11.2. The van der Waals surface area contributed by atoms with Gasteiger partial charge in [-0.15, -0.1) is 0 Å². The lowest BCUT2D eigenvalue weighted by atomic mass is 10.1. The average molecular weight is 499 g/mol. The third kappa shape index (κ3) is 6.16. The molecule has 1 atom stereocenters. The molecular weight excluding hydrogens is 471 g/mol. The summed E-state index contributed by atoms with van der Waals surface area (Å²) in [5, 5.41) is 22.0. The van der Waals surface area contributed by atoms with Crippen LogP contribution in [0.3, 0.4) is 0 Å². The zero-order valence-electron chi connectivity index (χ0n) is 19.2. The number of nitrogens with zero attached hydrogens (tertiary/aromatic N) is 1. The summed E-state index contributed by atoms with van der Waals surface area (Å²) in [6, 6.07) is 16.8. The van der Waals surface area contributed by atoms with Crippen LogP contribution < -0.4 is 14.8 Å². The average Bonchev–Trinajstić information content (AvgIpc) is 3.26. The number of aromatic amines is 1. The van der Waals surface area contributed by atoms with Gasteiger partial charge in [0.25, 0.3) is 10.0 Å². The molecule has 35 heavy (non-hydrogen) atoms. The Kier molecular flexibility index (Phi) is 7.64. The number of nitrogens with one attached hydrogen (secondary N) is 3. The number of hydrogen-bond acceptors (Lipinski definition) is 6. The summed E-state index contributed by atoms with van der Waals surface area (Å²) in [4.78, 5) is -0.0521. The number of halogens is 1. The van der Waals surface area contributed by atoms with Gasteiger partial charge < -0.3 is 15.2 Å². The summed E-state index contributed by atoms with van der Waals surface area (Å²) < 4.78 is 46.3. The number of anilines is 1. The van der Waals surface area contributed by atoms with Crippen LogP contribution in [0.4, 0.5) is 10.1 Å². The van der Waals surface area contributed by atoms with Crippen molar-refractivity contribution in [2.45, 2.75) is 24.3 Å². The summed E-state index contributed by atoms with van der Waals surface area (Å²) in [5.41, 5.74) is 2.80. The maximum atomic E-state index is 13.1. The van der Waals surface area contributed by atoms with Gasteiger partial charge in [-0.3, -0.25) is 9.82 Å². The zero-order chi connectivity index (χ0) is 24.8. The van der Waals surface area contributed by atoms with Crippen LogP contribution in [0.15, 0.2) is 71.6 Å². The van der Waals surface area contributed by atoms with E-state index in [1.807, 2.05) is 18.2 Å². The van der Waals surface area contributed by atoms with Gasteiger partial charge >= 0.3 is 0 Å². The van der Waals surface area contributed by atoms with Gasteiger partial charge in [0.2, 0.25) is 0 Å². The van der Waals surface area contributed by atoms with Crippen LogP contribution in [-0.2, 0) is 16.4 Å². The highest BCUT2D eigenvalue weighted by molar-refractivity contribution is 7.92. The first-order valence-corrected chi connectivity index (χ1v) is 12.7. The maximum Gasteiger partial charge on any atom is 0.261 e. The monoisotopic (exact) mass is 498 g/mol. The Morgan fingerprint density at radius 3 is 2.69 bits per heavy atom. The normalized spacial score (nSPS) is 12.5. The van der Waals surface area contributed by atoms with E-state index in [2.05, 4.69) is 27.2 Å². The van der Waals surface area contributed by atoms with Crippen molar-refractivity contribution >= 4 is 26.6 Å². The molecule has 0 unspecified atom stereocenters. The first kappa shape index (κ1) is 24.6. The molecular formula is C25H27FN4O4S. The van der Waals surface area contributed by atoms with E-state index >= 15 is 0 Å². The van der Waals surface area contributed by atoms with Crippen molar-refractivity contribution in [3.63, 3.8) is 0 Å². The lowest BCUT2D eigenvalue weighted by Gasteiger charge is -2.15. The van der Waals surface area contributed by atoms with E-state index in [1.165, 1.54) is 12.1 Å². The molecule has 0 saturated heterocycles. The number of rotatable bonds is 11. The number of sulfonamides is 1. The van der Waals surface area contributed by atoms with Crippen LogP contribution >= 0.6 is 0 Å². The van der Waals surface area contributed by atoms with Crippen molar-refractivity contribution in [3.05, 3.63) is 83.8 Å². The van der Waals surface area contributed by atoms with Crippen molar-refractivity contribution in [2.24, 2.45) is 0 Å². The Morgan fingerprint density at radius 1 is 1.11 bits per heavy atom. The van der Waals surface area contributed by atoms with Crippen molar-refractivity contribution in [1.29, 1.82) is 0 Å². The third-order valence-electron chi connectivity index (χ3n) is 5.49. The number of fused-ring (bicyclic) bond motifs is 1. The molecule has 0 amide bonds. The Morgan fingerprint density at radius 2 is 1.91 bits per heavy atom. The molecule has 4 aromatic rings. The highest BCUT2D eigenvalue weighted by atomic mass is 32.2. The Labute approximate surface area is 203 Å². The molecule has 10 heteroatoms. The molecule has 0 aliphatic carbocycles. The van der Waals surface area contributed by atoms with Crippen molar-refractivity contribution in [3.8, 4) is 5.75 Å². The van der Waals surface area contributed by atoms with Gasteiger partial charge in [-0.25, -0.2) is 12.8 Å². The lowest BCUT2D eigenvalue weighted by molar-refractivity contribution is 0.172. The van der Waals surface area contributed by atoms with Crippen LogP contribution in [0.1, 0.15) is 24.3 Å². The van der Waals surface area contributed by atoms with E-state index in [0.717, 1.165) is 40.9 Å². The minimum atomic E-state index is -3.87. The van der Waals surface area contributed by atoms with Crippen molar-refractivity contribution in [1.82, 2.24) is 15.5 Å². The maximum absolute atomic E-state index is 13.1. The predicted octanol–water partition coefficient (Wildman–Crippen LogP) is 3.77. The molecule has 0 radical (unpaired) electrons. The molecule has 0 spiro atoms. The number of hydrogen-bond donors (Lipinski definition) is 4. The summed E-state index contributed by atoms with van der Waals surface area (Å²) in [6.07, 6.45) is 0.0320. The molecule has 4 rings (SSSR count). The SMILES string of the molecule is CCc1[nH]nc2cc(OCCNC[C@H](O)c3cccc(NS(=O)(=O)c4ccc(F)cc4)c3)ccc12. The fourth-order valence-electron chi connectivity index (χ4n) is 3.64. The third-order valence-corrected chi connectivity index (χ3v) is 6.89. The fourth-order valence-corrected chi connectivity index (χ4v) is 4.69. The number of aromatic nitrogens is 2. The highest BCUT2D eigenvalue weighted by Crippen LogP contribution is 2.23. The fraction of sp³-hybridized carbons (Fsp3) is 0.240. The molecule has 0 aliphatic rings. The predicted molar refractivity (Wildman–Crippen MR) is 132 cm³/mol. The summed E-state index contributed by atoms with van der Waals surface area (Å²) in [7, 11) is -3.87. The van der Waals surface area contributed by atoms with Crippen LogP contribution in [0.25, 0.3) is 10.9 Å². The molecule has 3 aromatic carbocycles. The second-order valence-corrected chi connectivity index (χ2v) is 9.67. The largest absolute Gasteiger partial charge is 0.492 e. The van der Waals surface area contributed by atoms with E-state index in [-0.39, 0.29) is 11.4 Å². The Hall–Kier alpha value is -3.47. The Bertz CT molecular complexity index is 1390. The van der Waals surface area contributed by atoms with E-state index in [1.54, 1.807) is 24.3 Å². The molecule has 0 saturated carbocycles. The molecule has 0 aliphatic heterocycles. The molecule has 1 heterocycles. The molecule has 8 nitrogen and oxygen atoms in total. The number of aliphatic hydroxyl groups is 1. The van der Waals surface area contributed by atoms with Crippen molar-refractivity contribution < 1.29 is 22.7 Å². The minimum absolute atomic E-state index is 0.0521. The first-order chi connectivity index (χ1) is 16.9. The zero-order valence-corrected chi connectivity index (χ0v) is 20.0. The van der Waals surface area contributed by atoms with Gasteiger partial charge in [-0.1, -0.05) is 19.1 Å².